The molecular formula is C23H23F2N5O3. The summed E-state index contributed by atoms with van der Waals surface area (Å²) in [6.07, 6.45) is 1.74. The van der Waals surface area contributed by atoms with Crippen molar-refractivity contribution in [2.75, 3.05) is 18.0 Å². The van der Waals surface area contributed by atoms with E-state index in [0.29, 0.717) is 31.5 Å². The molecule has 1 saturated heterocycles. The highest BCUT2D eigenvalue weighted by Gasteiger charge is 2.37. The van der Waals surface area contributed by atoms with E-state index in [-0.39, 0.29) is 35.4 Å². The zero-order valence-electron chi connectivity index (χ0n) is 18.3. The summed E-state index contributed by atoms with van der Waals surface area (Å²) >= 11 is 0. The predicted molar refractivity (Wildman–Crippen MR) is 116 cm³/mol. The van der Waals surface area contributed by atoms with Crippen LogP contribution in [0.25, 0.3) is 11.5 Å². The average molecular weight is 455 g/mol. The standard InChI is InChI=1S/C23H23F2N5O3/c1-14(31)19-11-18(28-30(19)13-15-5-3-4-6-16(15)24)20-26-12-17(25)21(27-20)29-9-7-23(2,8-10-29)22(32)33/h3-6,11-12H,7-10,13H2,1-2H3,(H,32,33). The van der Waals surface area contributed by atoms with Gasteiger partial charge < -0.3 is 10.0 Å². The van der Waals surface area contributed by atoms with E-state index in [2.05, 4.69) is 15.1 Å². The fourth-order valence-corrected chi connectivity index (χ4v) is 3.85. The molecule has 3 heterocycles. The number of anilines is 1. The highest BCUT2D eigenvalue weighted by molar-refractivity contribution is 5.93. The van der Waals surface area contributed by atoms with Crippen LogP contribution in [-0.4, -0.2) is 49.7 Å². The number of benzene rings is 1. The summed E-state index contributed by atoms with van der Waals surface area (Å²) in [7, 11) is 0. The summed E-state index contributed by atoms with van der Waals surface area (Å²) in [5, 5.41) is 13.8. The van der Waals surface area contributed by atoms with Gasteiger partial charge in [0.2, 0.25) is 0 Å². The predicted octanol–water partition coefficient (Wildman–Crippen LogP) is 3.56. The van der Waals surface area contributed by atoms with Crippen LogP contribution in [0, 0.1) is 17.0 Å². The molecule has 1 aliphatic rings. The maximum Gasteiger partial charge on any atom is 0.309 e. The lowest BCUT2D eigenvalue weighted by Gasteiger charge is -2.37. The molecule has 3 aromatic rings. The highest BCUT2D eigenvalue weighted by Crippen LogP contribution is 2.33. The molecule has 0 bridgehead atoms. The van der Waals surface area contributed by atoms with Gasteiger partial charge in [-0.05, 0) is 31.9 Å². The van der Waals surface area contributed by atoms with Crippen LogP contribution in [0.4, 0.5) is 14.6 Å². The molecule has 0 unspecified atom stereocenters. The number of Topliss-reactive ketones (excluding diaryl/α,β-unsaturated/α-hetero) is 1. The minimum atomic E-state index is -0.872. The fourth-order valence-electron chi connectivity index (χ4n) is 3.85. The van der Waals surface area contributed by atoms with Crippen LogP contribution in [-0.2, 0) is 11.3 Å². The van der Waals surface area contributed by atoms with Crippen molar-refractivity contribution in [1.82, 2.24) is 19.7 Å². The second-order valence-electron chi connectivity index (χ2n) is 8.44. The molecule has 0 saturated carbocycles. The Balaban J connectivity index is 1.64. The molecule has 1 aromatic carbocycles. The van der Waals surface area contributed by atoms with Gasteiger partial charge in [0, 0.05) is 25.6 Å². The molecule has 1 aliphatic heterocycles. The topological polar surface area (TPSA) is 101 Å². The van der Waals surface area contributed by atoms with E-state index >= 15 is 0 Å². The van der Waals surface area contributed by atoms with Gasteiger partial charge in [0.05, 0.1) is 18.2 Å². The molecule has 33 heavy (non-hydrogen) atoms. The molecule has 0 spiro atoms. The van der Waals surface area contributed by atoms with Crippen LogP contribution < -0.4 is 4.90 Å². The van der Waals surface area contributed by atoms with E-state index in [0.717, 1.165) is 6.20 Å². The third-order valence-electron chi connectivity index (χ3n) is 6.06. The summed E-state index contributed by atoms with van der Waals surface area (Å²) in [5.74, 6) is -2.01. The number of aromatic nitrogens is 4. The molecule has 0 aliphatic carbocycles. The van der Waals surface area contributed by atoms with Gasteiger partial charge in [-0.1, -0.05) is 18.2 Å². The molecule has 0 radical (unpaired) electrons. The first-order valence-corrected chi connectivity index (χ1v) is 10.5. The fraction of sp³-hybridized carbons (Fsp3) is 0.348. The Hall–Kier alpha value is -3.69. The van der Waals surface area contributed by atoms with Gasteiger partial charge in [0.1, 0.15) is 17.2 Å². The number of ketones is 1. The number of rotatable bonds is 6. The lowest BCUT2D eigenvalue weighted by molar-refractivity contribution is -0.149. The Morgan fingerprint density at radius 3 is 2.48 bits per heavy atom. The number of carbonyl (C=O) groups is 2. The first-order chi connectivity index (χ1) is 15.7. The van der Waals surface area contributed by atoms with Crippen LogP contribution in [0.3, 0.4) is 0 Å². The monoisotopic (exact) mass is 455 g/mol. The zero-order valence-corrected chi connectivity index (χ0v) is 18.3. The van der Waals surface area contributed by atoms with Crippen molar-refractivity contribution >= 4 is 17.6 Å². The van der Waals surface area contributed by atoms with E-state index in [4.69, 9.17) is 0 Å². The SMILES string of the molecule is CC(=O)c1cc(-c2ncc(F)c(N3CCC(C)(C(=O)O)CC3)n2)nn1Cc1ccccc1F. The number of carboxylic acid groups (broad SMARTS) is 1. The third-order valence-corrected chi connectivity index (χ3v) is 6.06. The molecular weight excluding hydrogens is 432 g/mol. The van der Waals surface area contributed by atoms with Crippen molar-refractivity contribution in [2.24, 2.45) is 5.41 Å². The van der Waals surface area contributed by atoms with Gasteiger partial charge >= 0.3 is 5.97 Å². The molecule has 4 rings (SSSR count). The van der Waals surface area contributed by atoms with Crippen molar-refractivity contribution < 1.29 is 23.5 Å². The molecule has 1 fully saturated rings. The van der Waals surface area contributed by atoms with Gasteiger partial charge in [-0.15, -0.1) is 0 Å². The van der Waals surface area contributed by atoms with Crippen LogP contribution in [0.15, 0.2) is 36.5 Å². The lowest BCUT2D eigenvalue weighted by Crippen LogP contribution is -2.43. The zero-order chi connectivity index (χ0) is 23.8. The second-order valence-corrected chi connectivity index (χ2v) is 8.44. The number of aliphatic carboxylic acids is 1. The number of nitrogens with zero attached hydrogens (tertiary/aromatic N) is 5. The minimum Gasteiger partial charge on any atom is -0.481 e. The molecule has 8 nitrogen and oxygen atoms in total. The van der Waals surface area contributed by atoms with Crippen molar-refractivity contribution in [3.63, 3.8) is 0 Å². The van der Waals surface area contributed by atoms with E-state index in [1.54, 1.807) is 30.0 Å². The van der Waals surface area contributed by atoms with Crippen molar-refractivity contribution in [3.05, 3.63) is 59.4 Å². The normalized spacial score (nSPS) is 15.5. The first kappa shape index (κ1) is 22.5. The lowest BCUT2D eigenvalue weighted by atomic mass is 9.80. The maximum atomic E-state index is 14.6. The minimum absolute atomic E-state index is 0.0372. The van der Waals surface area contributed by atoms with Gasteiger partial charge in [-0.2, -0.15) is 5.10 Å². The summed E-state index contributed by atoms with van der Waals surface area (Å²) < 4.78 is 30.0. The van der Waals surface area contributed by atoms with Crippen LogP contribution >= 0.6 is 0 Å². The largest absolute Gasteiger partial charge is 0.481 e. The Labute approximate surface area is 188 Å². The van der Waals surface area contributed by atoms with E-state index < -0.39 is 23.0 Å². The number of halogens is 2. The van der Waals surface area contributed by atoms with Crippen molar-refractivity contribution in [3.8, 4) is 11.5 Å². The molecule has 0 amide bonds. The van der Waals surface area contributed by atoms with E-state index in [1.807, 2.05) is 0 Å². The summed E-state index contributed by atoms with van der Waals surface area (Å²) in [4.78, 5) is 33.7. The van der Waals surface area contributed by atoms with E-state index in [9.17, 15) is 23.5 Å². The summed E-state index contributed by atoms with van der Waals surface area (Å²) in [5.41, 5.74) is 0.0123. The second kappa shape index (κ2) is 8.68. The van der Waals surface area contributed by atoms with E-state index in [1.165, 1.54) is 23.7 Å². The molecule has 2 aromatic heterocycles. The van der Waals surface area contributed by atoms with Crippen molar-refractivity contribution in [2.45, 2.75) is 33.2 Å². The number of hydrogen-bond donors (Lipinski definition) is 1. The Kier molecular flexibility index (Phi) is 5.92. The van der Waals surface area contributed by atoms with Gasteiger partial charge in [-0.3, -0.25) is 14.3 Å². The quantitative estimate of drug-likeness (QED) is 0.567. The highest BCUT2D eigenvalue weighted by atomic mass is 19.1. The Bertz CT molecular complexity index is 1220. The van der Waals surface area contributed by atoms with Crippen LogP contribution in [0.5, 0.6) is 0 Å². The Morgan fingerprint density at radius 1 is 1.15 bits per heavy atom. The van der Waals surface area contributed by atoms with Gasteiger partial charge in [0.25, 0.3) is 0 Å². The van der Waals surface area contributed by atoms with Crippen molar-refractivity contribution in [1.29, 1.82) is 0 Å². The molecule has 1 N–H and O–H groups in total. The number of piperidine rings is 1. The number of carboxylic acids is 1. The maximum absolute atomic E-state index is 14.6. The third kappa shape index (κ3) is 4.46. The number of hydrogen-bond acceptors (Lipinski definition) is 6. The first-order valence-electron chi connectivity index (χ1n) is 10.5. The number of carbonyl (C=O) groups excluding carboxylic acids is 1. The van der Waals surface area contributed by atoms with Crippen LogP contribution in [0.1, 0.15) is 42.7 Å². The molecule has 172 valence electrons. The van der Waals surface area contributed by atoms with Crippen LogP contribution in [0.2, 0.25) is 0 Å². The molecule has 10 heteroatoms. The molecule has 0 atom stereocenters. The summed E-state index contributed by atoms with van der Waals surface area (Å²) in [6, 6.07) is 7.70. The van der Waals surface area contributed by atoms with Gasteiger partial charge in [-0.25, -0.2) is 18.7 Å². The average Bonchev–Trinajstić information content (AvgIpc) is 3.20. The van der Waals surface area contributed by atoms with Gasteiger partial charge in [0.15, 0.2) is 23.2 Å². The summed E-state index contributed by atoms with van der Waals surface area (Å²) in [6.45, 7) is 3.76. The smallest absolute Gasteiger partial charge is 0.309 e. The Morgan fingerprint density at radius 2 is 1.85 bits per heavy atom.